The predicted octanol–water partition coefficient (Wildman–Crippen LogP) is 3.62. The van der Waals surface area contributed by atoms with Gasteiger partial charge in [0.1, 0.15) is 0 Å². The van der Waals surface area contributed by atoms with Crippen LogP contribution in [0.25, 0.3) is 0 Å². The van der Waals surface area contributed by atoms with Crippen molar-refractivity contribution < 1.29 is 4.79 Å². The SMILES string of the molecule is CC(C)(C)C(=O)Nc1cncc2c1CCN(Cc1ccccc1)C2. The van der Waals surface area contributed by atoms with E-state index in [0.717, 1.165) is 31.7 Å². The third-order valence-electron chi connectivity index (χ3n) is 4.40. The molecule has 3 rings (SSSR count). The Kier molecular flexibility index (Phi) is 4.67. The van der Waals surface area contributed by atoms with Crippen LogP contribution in [0.15, 0.2) is 42.7 Å². The summed E-state index contributed by atoms with van der Waals surface area (Å²) in [7, 11) is 0. The van der Waals surface area contributed by atoms with Crippen LogP contribution < -0.4 is 5.32 Å². The molecular weight excluding hydrogens is 298 g/mol. The van der Waals surface area contributed by atoms with Gasteiger partial charge in [-0.25, -0.2) is 0 Å². The van der Waals surface area contributed by atoms with Crippen molar-refractivity contribution in [1.82, 2.24) is 9.88 Å². The summed E-state index contributed by atoms with van der Waals surface area (Å²) in [6, 6.07) is 10.5. The highest BCUT2D eigenvalue weighted by molar-refractivity contribution is 5.95. The minimum atomic E-state index is -0.406. The first-order valence-corrected chi connectivity index (χ1v) is 8.47. The molecule has 0 spiro atoms. The van der Waals surface area contributed by atoms with Crippen molar-refractivity contribution in [3.63, 3.8) is 0 Å². The van der Waals surface area contributed by atoms with Crippen molar-refractivity contribution >= 4 is 11.6 Å². The fraction of sp³-hybridized carbons (Fsp3) is 0.400. The summed E-state index contributed by atoms with van der Waals surface area (Å²) in [5, 5.41) is 3.05. The van der Waals surface area contributed by atoms with Crippen molar-refractivity contribution in [1.29, 1.82) is 0 Å². The van der Waals surface area contributed by atoms with E-state index in [9.17, 15) is 4.79 Å². The van der Waals surface area contributed by atoms with E-state index >= 15 is 0 Å². The maximum atomic E-state index is 12.3. The Hall–Kier alpha value is -2.20. The summed E-state index contributed by atoms with van der Waals surface area (Å²) < 4.78 is 0. The van der Waals surface area contributed by atoms with E-state index in [4.69, 9.17) is 0 Å². The highest BCUT2D eigenvalue weighted by Gasteiger charge is 2.24. The van der Waals surface area contributed by atoms with Crippen LogP contribution in [0.1, 0.15) is 37.5 Å². The lowest BCUT2D eigenvalue weighted by atomic mass is 9.94. The molecule has 4 nitrogen and oxygen atoms in total. The fourth-order valence-electron chi connectivity index (χ4n) is 2.95. The number of amides is 1. The molecule has 1 amide bonds. The summed E-state index contributed by atoms with van der Waals surface area (Å²) in [6.07, 6.45) is 4.64. The van der Waals surface area contributed by atoms with Gasteiger partial charge in [0, 0.05) is 31.2 Å². The summed E-state index contributed by atoms with van der Waals surface area (Å²) >= 11 is 0. The second kappa shape index (κ2) is 6.73. The number of benzene rings is 1. The summed E-state index contributed by atoms with van der Waals surface area (Å²) in [4.78, 5) is 19.0. The van der Waals surface area contributed by atoms with Crippen LogP contribution in [0.2, 0.25) is 0 Å². The minimum absolute atomic E-state index is 0.0319. The van der Waals surface area contributed by atoms with E-state index in [1.54, 1.807) is 6.20 Å². The smallest absolute Gasteiger partial charge is 0.229 e. The number of pyridine rings is 1. The van der Waals surface area contributed by atoms with Gasteiger partial charge in [-0.05, 0) is 23.1 Å². The molecule has 1 aliphatic heterocycles. The van der Waals surface area contributed by atoms with E-state index in [2.05, 4.69) is 39.5 Å². The van der Waals surface area contributed by atoms with E-state index in [0.29, 0.717) is 0 Å². The van der Waals surface area contributed by atoms with Crippen LogP contribution in [0.5, 0.6) is 0 Å². The minimum Gasteiger partial charge on any atom is -0.324 e. The largest absolute Gasteiger partial charge is 0.324 e. The number of rotatable bonds is 3. The summed E-state index contributed by atoms with van der Waals surface area (Å²) in [5.41, 5.74) is 4.23. The van der Waals surface area contributed by atoms with Crippen LogP contribution in [0.3, 0.4) is 0 Å². The number of aromatic nitrogens is 1. The molecule has 0 saturated carbocycles. The van der Waals surface area contributed by atoms with Gasteiger partial charge in [-0.15, -0.1) is 0 Å². The summed E-state index contributed by atoms with van der Waals surface area (Å²) in [5.74, 6) is 0.0319. The first kappa shape index (κ1) is 16.7. The number of fused-ring (bicyclic) bond motifs is 1. The predicted molar refractivity (Wildman–Crippen MR) is 96.6 cm³/mol. The molecule has 0 saturated heterocycles. The number of hydrogen-bond donors (Lipinski definition) is 1. The Bertz CT molecular complexity index is 719. The van der Waals surface area contributed by atoms with Gasteiger partial charge in [-0.2, -0.15) is 0 Å². The first-order valence-electron chi connectivity index (χ1n) is 8.47. The first-order chi connectivity index (χ1) is 11.4. The van der Waals surface area contributed by atoms with E-state index < -0.39 is 5.41 Å². The van der Waals surface area contributed by atoms with Crippen LogP contribution in [0.4, 0.5) is 5.69 Å². The van der Waals surface area contributed by atoms with E-state index in [-0.39, 0.29) is 5.91 Å². The quantitative estimate of drug-likeness (QED) is 0.938. The Morgan fingerprint density at radius 1 is 1.21 bits per heavy atom. The highest BCUT2D eigenvalue weighted by atomic mass is 16.2. The Morgan fingerprint density at radius 3 is 2.67 bits per heavy atom. The third-order valence-corrected chi connectivity index (χ3v) is 4.40. The van der Waals surface area contributed by atoms with Gasteiger partial charge >= 0.3 is 0 Å². The maximum Gasteiger partial charge on any atom is 0.229 e. The molecule has 0 fully saturated rings. The molecule has 126 valence electrons. The van der Waals surface area contributed by atoms with Gasteiger partial charge < -0.3 is 5.32 Å². The Labute approximate surface area is 143 Å². The molecule has 0 aliphatic carbocycles. The lowest BCUT2D eigenvalue weighted by Gasteiger charge is -2.30. The molecule has 0 atom stereocenters. The van der Waals surface area contributed by atoms with Crippen molar-refractivity contribution in [2.45, 2.75) is 40.3 Å². The number of nitrogens with one attached hydrogen (secondary N) is 1. The van der Waals surface area contributed by atoms with E-state index in [1.165, 1.54) is 16.7 Å². The normalized spacial score (nSPS) is 15.0. The standard InChI is InChI=1S/C20H25N3O/c1-20(2,3)19(24)22-18-12-21-11-16-14-23(10-9-17(16)18)13-15-7-5-4-6-8-15/h4-8,11-12H,9-10,13-14H2,1-3H3,(H,22,24). The van der Waals surface area contributed by atoms with Gasteiger partial charge in [-0.1, -0.05) is 51.1 Å². The molecule has 0 unspecified atom stereocenters. The van der Waals surface area contributed by atoms with Gasteiger partial charge in [0.25, 0.3) is 0 Å². The van der Waals surface area contributed by atoms with Crippen LogP contribution in [-0.2, 0) is 24.3 Å². The molecule has 1 N–H and O–H groups in total. The molecule has 2 aromatic rings. The van der Waals surface area contributed by atoms with Crippen LogP contribution >= 0.6 is 0 Å². The van der Waals surface area contributed by atoms with E-state index in [1.807, 2.05) is 33.0 Å². The van der Waals surface area contributed by atoms with Crippen LogP contribution in [-0.4, -0.2) is 22.3 Å². The van der Waals surface area contributed by atoms with Crippen molar-refractivity contribution in [2.75, 3.05) is 11.9 Å². The van der Waals surface area contributed by atoms with Gasteiger partial charge in [0.05, 0.1) is 11.9 Å². The maximum absolute atomic E-state index is 12.3. The zero-order valence-corrected chi connectivity index (χ0v) is 14.7. The van der Waals surface area contributed by atoms with Gasteiger partial charge in [0.2, 0.25) is 5.91 Å². The third kappa shape index (κ3) is 3.82. The molecule has 0 radical (unpaired) electrons. The lowest BCUT2D eigenvalue weighted by Crippen LogP contribution is -2.32. The fourth-order valence-corrected chi connectivity index (χ4v) is 2.95. The number of hydrogen-bond acceptors (Lipinski definition) is 3. The van der Waals surface area contributed by atoms with Crippen molar-refractivity contribution in [3.05, 3.63) is 59.4 Å². The van der Waals surface area contributed by atoms with Gasteiger partial charge in [0.15, 0.2) is 0 Å². The topological polar surface area (TPSA) is 45.2 Å². The molecule has 1 aliphatic rings. The molecule has 4 heteroatoms. The molecular formula is C20H25N3O. The zero-order chi connectivity index (χ0) is 17.2. The summed E-state index contributed by atoms with van der Waals surface area (Å²) in [6.45, 7) is 8.58. The zero-order valence-electron chi connectivity index (χ0n) is 14.7. The average Bonchev–Trinajstić information content (AvgIpc) is 2.55. The van der Waals surface area contributed by atoms with Crippen molar-refractivity contribution in [3.8, 4) is 0 Å². The van der Waals surface area contributed by atoms with Crippen LogP contribution in [0, 0.1) is 5.41 Å². The molecule has 24 heavy (non-hydrogen) atoms. The molecule has 1 aromatic carbocycles. The van der Waals surface area contributed by atoms with Gasteiger partial charge in [-0.3, -0.25) is 14.7 Å². The number of carbonyl (C=O) groups excluding carboxylic acids is 1. The number of anilines is 1. The Balaban J connectivity index is 1.74. The lowest BCUT2D eigenvalue weighted by molar-refractivity contribution is -0.123. The van der Waals surface area contributed by atoms with Crippen molar-refractivity contribution in [2.24, 2.45) is 5.41 Å². The number of nitrogens with zero attached hydrogens (tertiary/aromatic N) is 2. The second-order valence-corrected chi connectivity index (χ2v) is 7.48. The number of carbonyl (C=O) groups is 1. The monoisotopic (exact) mass is 323 g/mol. The highest BCUT2D eigenvalue weighted by Crippen LogP contribution is 2.27. The molecule has 2 heterocycles. The molecule has 0 bridgehead atoms. The average molecular weight is 323 g/mol. The second-order valence-electron chi connectivity index (χ2n) is 7.48. The Morgan fingerprint density at radius 2 is 1.96 bits per heavy atom. The molecule has 1 aromatic heterocycles.